The van der Waals surface area contributed by atoms with Crippen molar-refractivity contribution in [1.82, 2.24) is 0 Å². The number of thioether (sulfide) groups is 1. The van der Waals surface area contributed by atoms with Crippen LogP contribution in [0.4, 0.5) is 10.1 Å². The summed E-state index contributed by atoms with van der Waals surface area (Å²) in [7, 11) is 0. The Balaban J connectivity index is 2.57. The Hall–Kier alpha value is -1.23. The summed E-state index contributed by atoms with van der Waals surface area (Å²) in [5, 5.41) is 12.2. The molecule has 0 saturated carbocycles. The van der Waals surface area contributed by atoms with E-state index in [1.807, 2.05) is 6.26 Å². The molecule has 0 bridgehead atoms. The monoisotopic (exact) mass is 257 g/mol. The molecular weight excluding hydrogens is 241 g/mol. The SMILES string of the molecule is CSC(C)CCNc1ccc(C(=O)O)cc1F. The van der Waals surface area contributed by atoms with Crippen molar-refractivity contribution in [3.05, 3.63) is 29.6 Å². The number of carboxylic acid groups (broad SMARTS) is 1. The predicted molar refractivity (Wildman–Crippen MR) is 69.4 cm³/mol. The average molecular weight is 257 g/mol. The maximum Gasteiger partial charge on any atom is 0.335 e. The number of hydrogen-bond acceptors (Lipinski definition) is 3. The molecule has 1 rings (SSSR count). The molecule has 0 radical (unpaired) electrons. The minimum atomic E-state index is -1.12. The summed E-state index contributed by atoms with van der Waals surface area (Å²) >= 11 is 1.76. The van der Waals surface area contributed by atoms with E-state index in [0.29, 0.717) is 17.5 Å². The fraction of sp³-hybridized carbons (Fsp3) is 0.417. The second-order valence-electron chi connectivity index (χ2n) is 3.76. The smallest absolute Gasteiger partial charge is 0.335 e. The fourth-order valence-electron chi connectivity index (χ4n) is 1.32. The van der Waals surface area contributed by atoms with Gasteiger partial charge in [0.05, 0.1) is 11.3 Å². The Morgan fingerprint density at radius 2 is 2.29 bits per heavy atom. The number of carbonyl (C=O) groups is 1. The number of rotatable bonds is 6. The van der Waals surface area contributed by atoms with Crippen LogP contribution in [0.1, 0.15) is 23.7 Å². The maximum absolute atomic E-state index is 13.5. The average Bonchev–Trinajstić information content (AvgIpc) is 2.30. The Kier molecular flexibility index (Phi) is 5.28. The third-order valence-electron chi connectivity index (χ3n) is 2.48. The molecule has 0 aliphatic carbocycles. The van der Waals surface area contributed by atoms with E-state index >= 15 is 0 Å². The summed E-state index contributed by atoms with van der Waals surface area (Å²) in [6, 6.07) is 3.89. The standard InChI is InChI=1S/C12H16FNO2S/c1-8(17-2)5-6-14-11-4-3-9(12(15)16)7-10(11)13/h3-4,7-8,14H,5-6H2,1-2H3,(H,15,16). The van der Waals surface area contributed by atoms with Crippen LogP contribution in [0.3, 0.4) is 0 Å². The molecule has 0 spiro atoms. The van der Waals surface area contributed by atoms with E-state index < -0.39 is 11.8 Å². The molecule has 0 aromatic heterocycles. The van der Waals surface area contributed by atoms with Crippen molar-refractivity contribution in [2.45, 2.75) is 18.6 Å². The lowest BCUT2D eigenvalue weighted by atomic mass is 10.2. The van der Waals surface area contributed by atoms with Gasteiger partial charge in [0.1, 0.15) is 5.82 Å². The first-order chi connectivity index (χ1) is 8.04. The Bertz CT molecular complexity index is 398. The van der Waals surface area contributed by atoms with Crippen molar-refractivity contribution < 1.29 is 14.3 Å². The van der Waals surface area contributed by atoms with Gasteiger partial charge in [0.2, 0.25) is 0 Å². The van der Waals surface area contributed by atoms with E-state index in [1.54, 1.807) is 11.8 Å². The molecule has 1 unspecified atom stereocenters. The number of aromatic carboxylic acids is 1. The van der Waals surface area contributed by atoms with Crippen molar-refractivity contribution in [2.75, 3.05) is 18.1 Å². The van der Waals surface area contributed by atoms with Gasteiger partial charge in [-0.3, -0.25) is 0 Å². The summed E-state index contributed by atoms with van der Waals surface area (Å²) in [5.74, 6) is -1.65. The molecule has 0 aliphatic rings. The summed E-state index contributed by atoms with van der Waals surface area (Å²) in [6.07, 6.45) is 2.97. The maximum atomic E-state index is 13.5. The number of carboxylic acids is 1. The van der Waals surface area contributed by atoms with Crippen LogP contribution < -0.4 is 5.32 Å². The zero-order valence-corrected chi connectivity index (χ0v) is 10.7. The van der Waals surface area contributed by atoms with E-state index in [9.17, 15) is 9.18 Å². The molecule has 0 saturated heterocycles. The van der Waals surface area contributed by atoms with E-state index in [2.05, 4.69) is 12.2 Å². The molecule has 5 heteroatoms. The van der Waals surface area contributed by atoms with Gasteiger partial charge in [-0.2, -0.15) is 11.8 Å². The second kappa shape index (κ2) is 6.49. The van der Waals surface area contributed by atoms with Crippen LogP contribution in [0.15, 0.2) is 18.2 Å². The van der Waals surface area contributed by atoms with Crippen molar-refractivity contribution >= 4 is 23.4 Å². The molecule has 1 atom stereocenters. The van der Waals surface area contributed by atoms with E-state index in [4.69, 9.17) is 5.11 Å². The number of anilines is 1. The fourth-order valence-corrected chi connectivity index (χ4v) is 1.67. The van der Waals surface area contributed by atoms with Crippen molar-refractivity contribution in [2.24, 2.45) is 0 Å². The molecule has 2 N–H and O–H groups in total. The van der Waals surface area contributed by atoms with Crippen molar-refractivity contribution in [1.29, 1.82) is 0 Å². The topological polar surface area (TPSA) is 49.3 Å². The Morgan fingerprint density at radius 3 is 2.82 bits per heavy atom. The van der Waals surface area contributed by atoms with Gasteiger partial charge in [0, 0.05) is 11.8 Å². The highest BCUT2D eigenvalue weighted by molar-refractivity contribution is 7.99. The first kappa shape index (κ1) is 13.8. The third-order valence-corrected chi connectivity index (χ3v) is 3.53. The molecule has 1 aromatic rings. The van der Waals surface area contributed by atoms with Gasteiger partial charge >= 0.3 is 5.97 Å². The minimum absolute atomic E-state index is 0.0365. The van der Waals surface area contributed by atoms with Crippen molar-refractivity contribution in [3.8, 4) is 0 Å². The zero-order valence-electron chi connectivity index (χ0n) is 9.87. The van der Waals surface area contributed by atoms with Crippen molar-refractivity contribution in [3.63, 3.8) is 0 Å². The van der Waals surface area contributed by atoms with Gasteiger partial charge in [-0.15, -0.1) is 0 Å². The first-order valence-corrected chi connectivity index (χ1v) is 6.63. The highest BCUT2D eigenvalue weighted by Crippen LogP contribution is 2.17. The van der Waals surface area contributed by atoms with Gasteiger partial charge in [-0.1, -0.05) is 6.92 Å². The van der Waals surface area contributed by atoms with Crippen LogP contribution in [-0.4, -0.2) is 29.1 Å². The van der Waals surface area contributed by atoms with Gasteiger partial charge < -0.3 is 10.4 Å². The lowest BCUT2D eigenvalue weighted by Gasteiger charge is -2.11. The molecule has 0 fully saturated rings. The molecule has 17 heavy (non-hydrogen) atoms. The van der Waals surface area contributed by atoms with Gasteiger partial charge in [-0.25, -0.2) is 9.18 Å². The minimum Gasteiger partial charge on any atom is -0.478 e. The normalized spacial score (nSPS) is 12.2. The summed E-state index contributed by atoms with van der Waals surface area (Å²) < 4.78 is 13.5. The molecular formula is C12H16FNO2S. The molecule has 94 valence electrons. The summed E-state index contributed by atoms with van der Waals surface area (Å²) in [6.45, 7) is 2.78. The molecule has 1 aromatic carbocycles. The second-order valence-corrected chi connectivity index (χ2v) is 5.04. The number of hydrogen-bond donors (Lipinski definition) is 2. The lowest BCUT2D eigenvalue weighted by Crippen LogP contribution is -2.09. The summed E-state index contributed by atoms with van der Waals surface area (Å²) in [5.41, 5.74) is 0.314. The highest BCUT2D eigenvalue weighted by Gasteiger charge is 2.08. The third kappa shape index (κ3) is 4.26. The van der Waals surface area contributed by atoms with Gasteiger partial charge in [0.25, 0.3) is 0 Å². The number of nitrogens with one attached hydrogen (secondary N) is 1. The van der Waals surface area contributed by atoms with Gasteiger partial charge in [-0.05, 0) is 30.9 Å². The number of halogens is 1. The lowest BCUT2D eigenvalue weighted by molar-refractivity contribution is 0.0696. The molecule has 0 aliphatic heterocycles. The molecule has 3 nitrogen and oxygen atoms in total. The molecule has 0 amide bonds. The largest absolute Gasteiger partial charge is 0.478 e. The Labute approximate surface area is 104 Å². The van der Waals surface area contributed by atoms with E-state index in [0.717, 1.165) is 12.5 Å². The van der Waals surface area contributed by atoms with Crippen LogP contribution in [0.5, 0.6) is 0 Å². The summed E-state index contributed by atoms with van der Waals surface area (Å²) in [4.78, 5) is 10.6. The van der Waals surface area contributed by atoms with Gasteiger partial charge in [0.15, 0.2) is 0 Å². The predicted octanol–water partition coefficient (Wildman–Crippen LogP) is 3.08. The number of benzene rings is 1. The highest BCUT2D eigenvalue weighted by atomic mass is 32.2. The van der Waals surface area contributed by atoms with Crippen LogP contribution in [-0.2, 0) is 0 Å². The first-order valence-electron chi connectivity index (χ1n) is 5.34. The van der Waals surface area contributed by atoms with Crippen LogP contribution in [0, 0.1) is 5.82 Å². The van der Waals surface area contributed by atoms with E-state index in [1.165, 1.54) is 12.1 Å². The Morgan fingerprint density at radius 1 is 1.59 bits per heavy atom. The molecule has 0 heterocycles. The van der Waals surface area contributed by atoms with Crippen LogP contribution in [0.25, 0.3) is 0 Å². The zero-order chi connectivity index (χ0) is 12.8. The van der Waals surface area contributed by atoms with E-state index in [-0.39, 0.29) is 5.56 Å². The quantitative estimate of drug-likeness (QED) is 0.822. The van der Waals surface area contributed by atoms with Crippen LogP contribution in [0.2, 0.25) is 0 Å². The van der Waals surface area contributed by atoms with Crippen LogP contribution >= 0.6 is 11.8 Å².